The molecular weight excluding hydrogens is 324 g/mol. The second-order valence-corrected chi connectivity index (χ2v) is 9.14. The van der Waals surface area contributed by atoms with Crippen LogP contribution >= 0.6 is 0 Å². The summed E-state index contributed by atoms with van der Waals surface area (Å²) >= 11 is 0. The Kier molecular flexibility index (Phi) is 15.1. The largest absolute Gasteiger partial charge is 0.0985 e. The van der Waals surface area contributed by atoms with Gasteiger partial charge < -0.3 is 0 Å². The molecule has 0 heteroatoms. The predicted octanol–water partition coefficient (Wildman–Crippen LogP) is 9.15. The highest BCUT2D eigenvalue weighted by atomic mass is 14.1. The SMILES string of the molecule is C=Cc1ccccc1.C=Cc1ccccc1.CC(C)(C)C.CCC(C)(C)C. The van der Waals surface area contributed by atoms with Crippen LogP contribution in [0.15, 0.2) is 73.8 Å². The summed E-state index contributed by atoms with van der Waals surface area (Å²) < 4.78 is 0. The molecule has 0 saturated heterocycles. The van der Waals surface area contributed by atoms with E-state index < -0.39 is 0 Å². The maximum Gasteiger partial charge on any atom is -0.0263 e. The van der Waals surface area contributed by atoms with Crippen LogP contribution < -0.4 is 0 Å². The highest BCUT2D eigenvalue weighted by molar-refractivity contribution is 5.46. The molecule has 0 atom stereocenters. The molecule has 0 spiro atoms. The van der Waals surface area contributed by atoms with Crippen molar-refractivity contribution in [3.8, 4) is 0 Å². The van der Waals surface area contributed by atoms with Crippen LogP contribution in [-0.2, 0) is 0 Å². The van der Waals surface area contributed by atoms with Gasteiger partial charge in [0.15, 0.2) is 0 Å². The van der Waals surface area contributed by atoms with E-state index in [4.69, 9.17) is 0 Å². The van der Waals surface area contributed by atoms with Crippen molar-refractivity contribution < 1.29 is 0 Å². The zero-order chi connectivity index (χ0) is 21.3. The van der Waals surface area contributed by atoms with Gasteiger partial charge in [0.1, 0.15) is 0 Å². The number of hydrogen-bond donors (Lipinski definition) is 0. The molecule has 0 amide bonds. The summed E-state index contributed by atoms with van der Waals surface area (Å²) in [5.41, 5.74) is 3.39. The molecule has 0 unspecified atom stereocenters. The van der Waals surface area contributed by atoms with Crippen molar-refractivity contribution in [1.82, 2.24) is 0 Å². The number of hydrogen-bond acceptors (Lipinski definition) is 0. The molecule has 0 fully saturated rings. The van der Waals surface area contributed by atoms with Crippen LogP contribution in [0.2, 0.25) is 0 Å². The molecule has 27 heavy (non-hydrogen) atoms. The third-order valence-corrected chi connectivity index (χ3v) is 3.13. The molecule has 0 heterocycles. The van der Waals surface area contributed by atoms with Gasteiger partial charge in [-0.1, -0.05) is 148 Å². The fourth-order valence-electron chi connectivity index (χ4n) is 1.18. The van der Waals surface area contributed by atoms with E-state index in [2.05, 4.69) is 68.5 Å². The Morgan fingerprint density at radius 2 is 0.852 bits per heavy atom. The van der Waals surface area contributed by atoms with Crippen LogP contribution in [-0.4, -0.2) is 0 Å². The van der Waals surface area contributed by atoms with E-state index in [1.807, 2.05) is 72.8 Å². The fraction of sp³-hybridized carbons (Fsp3) is 0.407. The molecule has 0 aromatic heterocycles. The van der Waals surface area contributed by atoms with E-state index >= 15 is 0 Å². The summed E-state index contributed by atoms with van der Waals surface area (Å²) in [6.07, 6.45) is 4.94. The van der Waals surface area contributed by atoms with Gasteiger partial charge in [0.05, 0.1) is 0 Å². The summed E-state index contributed by atoms with van der Waals surface area (Å²) in [5.74, 6) is 0. The average molecular weight is 367 g/mol. The van der Waals surface area contributed by atoms with E-state index in [1.165, 1.54) is 17.5 Å². The second-order valence-electron chi connectivity index (χ2n) is 9.14. The second kappa shape index (κ2) is 15.0. The molecule has 2 aromatic carbocycles. The third kappa shape index (κ3) is 26.3. The number of rotatable bonds is 2. The normalized spacial score (nSPS) is 9.93. The molecule has 0 nitrogen and oxygen atoms in total. The van der Waals surface area contributed by atoms with Crippen LogP contribution in [0.3, 0.4) is 0 Å². The Hall–Kier alpha value is -2.08. The highest BCUT2D eigenvalue weighted by Gasteiger charge is 2.03. The Bertz CT molecular complexity index is 528. The fourth-order valence-corrected chi connectivity index (χ4v) is 1.18. The van der Waals surface area contributed by atoms with Gasteiger partial charge in [0.25, 0.3) is 0 Å². The van der Waals surface area contributed by atoms with Crippen LogP contribution in [0.25, 0.3) is 12.2 Å². The van der Waals surface area contributed by atoms with Crippen molar-refractivity contribution in [2.24, 2.45) is 10.8 Å². The van der Waals surface area contributed by atoms with Crippen LogP contribution in [0.1, 0.15) is 72.9 Å². The minimum Gasteiger partial charge on any atom is -0.0985 e. The lowest BCUT2D eigenvalue weighted by molar-refractivity contribution is 0.398. The van der Waals surface area contributed by atoms with Crippen LogP contribution in [0, 0.1) is 10.8 Å². The molecule has 0 radical (unpaired) electrons. The molecule has 2 rings (SSSR count). The maximum atomic E-state index is 3.63. The average Bonchev–Trinajstić information content (AvgIpc) is 2.62. The van der Waals surface area contributed by atoms with Gasteiger partial charge in [-0.2, -0.15) is 0 Å². The lowest BCUT2D eigenvalue weighted by Gasteiger charge is -2.12. The summed E-state index contributed by atoms with van der Waals surface area (Å²) in [4.78, 5) is 0. The third-order valence-electron chi connectivity index (χ3n) is 3.13. The first-order valence-electron chi connectivity index (χ1n) is 9.78. The summed E-state index contributed by atoms with van der Waals surface area (Å²) in [6.45, 7) is 24.9. The lowest BCUT2D eigenvalue weighted by Crippen LogP contribution is -2.00. The van der Waals surface area contributed by atoms with Gasteiger partial charge in [0, 0.05) is 0 Å². The molecule has 0 N–H and O–H groups in total. The van der Waals surface area contributed by atoms with Crippen molar-refractivity contribution in [3.63, 3.8) is 0 Å². The zero-order valence-corrected chi connectivity index (χ0v) is 19.0. The van der Waals surface area contributed by atoms with Crippen molar-refractivity contribution in [2.75, 3.05) is 0 Å². The van der Waals surface area contributed by atoms with Gasteiger partial charge in [0.2, 0.25) is 0 Å². The summed E-state index contributed by atoms with van der Waals surface area (Å²) in [7, 11) is 0. The van der Waals surface area contributed by atoms with Crippen LogP contribution in [0.5, 0.6) is 0 Å². The minimum atomic E-state index is 0.500. The summed E-state index contributed by atoms with van der Waals surface area (Å²) in [5, 5.41) is 0. The van der Waals surface area contributed by atoms with E-state index in [-0.39, 0.29) is 0 Å². The van der Waals surface area contributed by atoms with E-state index in [9.17, 15) is 0 Å². The molecule has 150 valence electrons. The first-order chi connectivity index (χ1) is 12.4. The van der Waals surface area contributed by atoms with Crippen LogP contribution in [0.4, 0.5) is 0 Å². The van der Waals surface area contributed by atoms with Crippen molar-refractivity contribution >= 4 is 12.2 Å². The Labute approximate surface area is 170 Å². The standard InChI is InChI=1S/2C8H8.C6H14.C5H12/c2*1-2-8-6-4-3-5-7-8;1-5-6(2,3)4;1-5(2,3)4/h2*2-7H,1H2;5H2,1-4H3;1-4H3. The first-order valence-corrected chi connectivity index (χ1v) is 9.78. The van der Waals surface area contributed by atoms with E-state index in [0.717, 1.165) is 0 Å². The minimum absolute atomic E-state index is 0.500. The number of benzene rings is 2. The Balaban J connectivity index is 0. The molecular formula is C27H42. The molecule has 0 aliphatic carbocycles. The molecule has 0 aliphatic rings. The Morgan fingerprint density at radius 3 is 0.963 bits per heavy atom. The van der Waals surface area contributed by atoms with Gasteiger partial charge in [-0.25, -0.2) is 0 Å². The molecule has 0 saturated carbocycles. The smallest absolute Gasteiger partial charge is 0.0263 e. The van der Waals surface area contributed by atoms with Crippen molar-refractivity contribution in [2.45, 2.75) is 61.8 Å². The van der Waals surface area contributed by atoms with E-state index in [0.29, 0.717) is 10.8 Å². The van der Waals surface area contributed by atoms with Gasteiger partial charge >= 0.3 is 0 Å². The molecule has 2 aromatic rings. The first kappa shape index (κ1) is 27.1. The Morgan fingerprint density at radius 1 is 0.630 bits per heavy atom. The van der Waals surface area contributed by atoms with Crippen molar-refractivity contribution in [3.05, 3.63) is 84.9 Å². The van der Waals surface area contributed by atoms with E-state index in [1.54, 1.807) is 0 Å². The van der Waals surface area contributed by atoms with Gasteiger partial charge in [-0.15, -0.1) is 0 Å². The predicted molar refractivity (Wildman–Crippen MR) is 128 cm³/mol. The van der Waals surface area contributed by atoms with Crippen molar-refractivity contribution in [1.29, 1.82) is 0 Å². The highest BCUT2D eigenvalue weighted by Crippen LogP contribution is 2.16. The zero-order valence-electron chi connectivity index (χ0n) is 19.0. The topological polar surface area (TPSA) is 0 Å². The molecule has 0 bridgehead atoms. The van der Waals surface area contributed by atoms with Gasteiger partial charge in [-0.05, 0) is 22.0 Å². The summed E-state index contributed by atoms with van der Waals surface area (Å²) in [6, 6.07) is 20.1. The molecule has 0 aliphatic heterocycles. The maximum absolute atomic E-state index is 3.63. The monoisotopic (exact) mass is 366 g/mol. The van der Waals surface area contributed by atoms with Gasteiger partial charge in [-0.3, -0.25) is 0 Å². The lowest BCUT2D eigenvalue weighted by atomic mass is 9.94. The quantitative estimate of drug-likeness (QED) is 0.497.